The van der Waals surface area contributed by atoms with E-state index in [1.54, 1.807) is 23.0 Å². The minimum Gasteiger partial charge on any atom is -0.504 e. The second-order valence-corrected chi connectivity index (χ2v) is 2.37. The number of rotatable bonds is 0. The maximum absolute atomic E-state index is 9.32. The zero-order valence-electron chi connectivity index (χ0n) is 6.02. The Balaban J connectivity index is 2.91. The molecule has 4 heteroatoms. The number of aromatic hydroxyl groups is 1. The molecule has 2 aromatic heterocycles. The molecule has 0 bridgehead atoms. The number of aromatic nitrogens is 3. The van der Waals surface area contributed by atoms with Crippen molar-refractivity contribution in [2.24, 2.45) is 0 Å². The third kappa shape index (κ3) is 0.832. The lowest BCUT2D eigenvalue weighted by atomic mass is 10.4. The molecule has 0 radical (unpaired) electrons. The van der Waals surface area contributed by atoms with Crippen LogP contribution < -0.4 is 0 Å². The van der Waals surface area contributed by atoms with Crippen LogP contribution in [0.1, 0.15) is 5.69 Å². The Bertz CT molecular complexity index is 393. The number of aryl methyl sites for hydroxylation is 1. The summed E-state index contributed by atoms with van der Waals surface area (Å²) in [5, 5.41) is 13.4. The van der Waals surface area contributed by atoms with E-state index in [0.29, 0.717) is 5.65 Å². The van der Waals surface area contributed by atoms with Crippen LogP contribution in [0, 0.1) is 6.92 Å². The molecule has 1 N–H and O–H groups in total. The summed E-state index contributed by atoms with van der Waals surface area (Å²) in [6.07, 6.45) is 3.30. The topological polar surface area (TPSA) is 50.4 Å². The highest BCUT2D eigenvalue weighted by Crippen LogP contribution is 2.14. The first-order valence-electron chi connectivity index (χ1n) is 3.27. The van der Waals surface area contributed by atoms with Crippen molar-refractivity contribution in [1.29, 1.82) is 0 Å². The molecule has 0 aromatic carbocycles. The van der Waals surface area contributed by atoms with Gasteiger partial charge >= 0.3 is 0 Å². The van der Waals surface area contributed by atoms with Crippen molar-refractivity contribution < 1.29 is 5.11 Å². The monoisotopic (exact) mass is 149 g/mol. The summed E-state index contributed by atoms with van der Waals surface area (Å²) < 4.78 is 1.55. The van der Waals surface area contributed by atoms with Crippen molar-refractivity contribution in [3.8, 4) is 5.75 Å². The quantitative estimate of drug-likeness (QED) is 0.601. The molecule has 0 spiro atoms. The zero-order chi connectivity index (χ0) is 7.84. The fraction of sp³-hybridized carbons (Fsp3) is 0.143. The third-order valence-electron chi connectivity index (χ3n) is 1.46. The van der Waals surface area contributed by atoms with Gasteiger partial charge in [-0.05, 0) is 6.92 Å². The molecule has 56 valence electrons. The van der Waals surface area contributed by atoms with Crippen molar-refractivity contribution in [3.63, 3.8) is 0 Å². The van der Waals surface area contributed by atoms with Gasteiger partial charge in [0.25, 0.3) is 0 Å². The Morgan fingerprint density at radius 3 is 3.18 bits per heavy atom. The highest BCUT2D eigenvalue weighted by molar-refractivity contribution is 5.51. The van der Waals surface area contributed by atoms with E-state index in [1.807, 2.05) is 6.92 Å². The highest BCUT2D eigenvalue weighted by atomic mass is 16.3. The van der Waals surface area contributed by atoms with E-state index in [9.17, 15) is 5.11 Å². The molecule has 0 fully saturated rings. The van der Waals surface area contributed by atoms with Crippen LogP contribution in [0.25, 0.3) is 5.65 Å². The average Bonchev–Trinajstić information content (AvgIpc) is 2.34. The van der Waals surface area contributed by atoms with Gasteiger partial charge in [-0.2, -0.15) is 5.10 Å². The summed E-state index contributed by atoms with van der Waals surface area (Å²) in [6.45, 7) is 1.82. The first kappa shape index (κ1) is 6.15. The van der Waals surface area contributed by atoms with Crippen LogP contribution in [0.3, 0.4) is 0 Å². The lowest BCUT2D eigenvalue weighted by Crippen LogP contribution is -1.92. The molecule has 11 heavy (non-hydrogen) atoms. The Hall–Kier alpha value is -1.58. The molecule has 2 aromatic rings. The summed E-state index contributed by atoms with van der Waals surface area (Å²) in [4.78, 5) is 3.91. The van der Waals surface area contributed by atoms with Gasteiger partial charge in [-0.15, -0.1) is 0 Å². The molecule has 2 heterocycles. The van der Waals surface area contributed by atoms with Crippen LogP contribution in [0.4, 0.5) is 0 Å². The molecule has 0 saturated carbocycles. The van der Waals surface area contributed by atoms with Crippen LogP contribution in [0.2, 0.25) is 0 Å². The summed E-state index contributed by atoms with van der Waals surface area (Å²) in [5.74, 6) is 0.169. The van der Waals surface area contributed by atoms with Crippen molar-refractivity contribution in [2.45, 2.75) is 6.92 Å². The Morgan fingerprint density at radius 1 is 1.55 bits per heavy atom. The van der Waals surface area contributed by atoms with Gasteiger partial charge in [0, 0.05) is 18.5 Å². The minimum absolute atomic E-state index is 0.169. The maximum atomic E-state index is 9.32. The molecule has 0 amide bonds. The van der Waals surface area contributed by atoms with Crippen molar-refractivity contribution >= 4 is 5.65 Å². The van der Waals surface area contributed by atoms with Gasteiger partial charge in [-0.3, -0.25) is 0 Å². The Labute approximate surface area is 63.1 Å². The van der Waals surface area contributed by atoms with Gasteiger partial charge in [-0.1, -0.05) is 0 Å². The SMILES string of the molecule is Cc1cc(O)c2nccn2n1. The lowest BCUT2D eigenvalue weighted by molar-refractivity contribution is 0.474. The largest absolute Gasteiger partial charge is 0.504 e. The summed E-state index contributed by atoms with van der Waals surface area (Å²) in [7, 11) is 0. The molecule has 0 saturated heterocycles. The second kappa shape index (κ2) is 1.95. The molecule has 0 aliphatic rings. The van der Waals surface area contributed by atoms with E-state index >= 15 is 0 Å². The van der Waals surface area contributed by atoms with E-state index in [0.717, 1.165) is 5.69 Å². The van der Waals surface area contributed by atoms with Crippen LogP contribution in [-0.2, 0) is 0 Å². The predicted molar refractivity (Wildman–Crippen MR) is 39.4 cm³/mol. The maximum Gasteiger partial charge on any atom is 0.196 e. The molecule has 2 rings (SSSR count). The third-order valence-corrected chi connectivity index (χ3v) is 1.46. The molecule has 0 aliphatic heterocycles. The lowest BCUT2D eigenvalue weighted by Gasteiger charge is -1.96. The standard InChI is InChI=1S/C7H7N3O/c1-5-4-6(11)7-8-2-3-10(7)9-5/h2-4,11H,1H3. The normalized spacial score (nSPS) is 10.6. The second-order valence-electron chi connectivity index (χ2n) is 2.37. The van der Waals surface area contributed by atoms with Gasteiger partial charge in [0.2, 0.25) is 0 Å². The molecule has 0 atom stereocenters. The molecular formula is C7H7N3O. The van der Waals surface area contributed by atoms with Crippen LogP contribution in [0.15, 0.2) is 18.5 Å². The number of nitrogens with zero attached hydrogens (tertiary/aromatic N) is 3. The number of fused-ring (bicyclic) bond motifs is 1. The Morgan fingerprint density at radius 2 is 2.36 bits per heavy atom. The zero-order valence-corrected chi connectivity index (χ0v) is 6.02. The average molecular weight is 149 g/mol. The van der Waals surface area contributed by atoms with Gasteiger partial charge in [0.1, 0.15) is 0 Å². The smallest absolute Gasteiger partial charge is 0.196 e. The van der Waals surface area contributed by atoms with Crippen molar-refractivity contribution in [1.82, 2.24) is 14.6 Å². The van der Waals surface area contributed by atoms with Gasteiger partial charge < -0.3 is 5.11 Å². The number of imidazole rings is 1. The predicted octanol–water partition coefficient (Wildman–Crippen LogP) is 0.743. The number of hydrogen-bond donors (Lipinski definition) is 1. The number of hydrogen-bond acceptors (Lipinski definition) is 3. The minimum atomic E-state index is 0.169. The van der Waals surface area contributed by atoms with E-state index in [1.165, 1.54) is 0 Å². The van der Waals surface area contributed by atoms with Crippen LogP contribution >= 0.6 is 0 Å². The van der Waals surface area contributed by atoms with E-state index in [-0.39, 0.29) is 5.75 Å². The summed E-state index contributed by atoms with van der Waals surface area (Å²) in [5.41, 5.74) is 1.27. The fourth-order valence-corrected chi connectivity index (χ4v) is 1.02. The van der Waals surface area contributed by atoms with Gasteiger partial charge in [0.15, 0.2) is 11.4 Å². The summed E-state index contributed by atoms with van der Waals surface area (Å²) in [6, 6.07) is 1.59. The molecule has 4 nitrogen and oxygen atoms in total. The fourth-order valence-electron chi connectivity index (χ4n) is 1.02. The molecular weight excluding hydrogens is 142 g/mol. The van der Waals surface area contributed by atoms with E-state index in [2.05, 4.69) is 10.1 Å². The van der Waals surface area contributed by atoms with Crippen molar-refractivity contribution in [2.75, 3.05) is 0 Å². The summed E-state index contributed by atoms with van der Waals surface area (Å²) >= 11 is 0. The van der Waals surface area contributed by atoms with E-state index in [4.69, 9.17) is 0 Å². The van der Waals surface area contributed by atoms with Gasteiger partial charge in [0.05, 0.1) is 5.69 Å². The van der Waals surface area contributed by atoms with Crippen molar-refractivity contribution in [3.05, 3.63) is 24.2 Å². The van der Waals surface area contributed by atoms with Gasteiger partial charge in [-0.25, -0.2) is 9.50 Å². The van der Waals surface area contributed by atoms with E-state index < -0.39 is 0 Å². The van der Waals surface area contributed by atoms with Crippen LogP contribution in [0.5, 0.6) is 5.75 Å². The first-order valence-corrected chi connectivity index (χ1v) is 3.27. The van der Waals surface area contributed by atoms with Crippen LogP contribution in [-0.4, -0.2) is 19.7 Å². The Kier molecular flexibility index (Phi) is 1.09. The first-order chi connectivity index (χ1) is 5.27. The molecule has 0 aliphatic carbocycles. The molecule has 0 unspecified atom stereocenters. The highest BCUT2D eigenvalue weighted by Gasteiger charge is 2.01.